The van der Waals surface area contributed by atoms with Crippen molar-refractivity contribution in [2.24, 2.45) is 0 Å². The van der Waals surface area contributed by atoms with E-state index in [1.54, 1.807) is 0 Å². The van der Waals surface area contributed by atoms with Gasteiger partial charge in [0.25, 0.3) is 0 Å². The monoisotopic (exact) mass is 1750 g/mol. The summed E-state index contributed by atoms with van der Waals surface area (Å²) in [7, 11) is 0. The summed E-state index contributed by atoms with van der Waals surface area (Å²) in [6, 6.07) is 200. The molecule has 642 valence electrons. The highest BCUT2D eigenvalue weighted by Gasteiger charge is 2.25. The Morgan fingerprint density at radius 3 is 0.572 bits per heavy atom. The number of fused-ring (bicyclic) bond motifs is 12. The van der Waals surface area contributed by atoms with Crippen LogP contribution in [0.2, 0.25) is 0 Å². The summed E-state index contributed by atoms with van der Waals surface area (Å²) >= 11 is 0. The van der Waals surface area contributed by atoms with Gasteiger partial charge in [-0.05, 0) is 317 Å². The molecule has 0 N–H and O–H groups in total. The predicted octanol–water partition coefficient (Wildman–Crippen LogP) is 38.9. The molecule has 0 amide bonds. The zero-order chi connectivity index (χ0) is 91.4. The van der Waals surface area contributed by atoms with Crippen molar-refractivity contribution in [2.75, 3.05) is 0 Å². The lowest BCUT2D eigenvalue weighted by atomic mass is 9.83. The normalized spacial score (nSPS) is 11.5. The summed E-state index contributed by atoms with van der Waals surface area (Å²) in [4.78, 5) is 0. The van der Waals surface area contributed by atoms with Crippen LogP contribution in [-0.2, 0) is 0 Å². The fourth-order valence-corrected chi connectivity index (χ4v) is 22.0. The molecule has 0 unspecified atom stereocenters. The fourth-order valence-electron chi connectivity index (χ4n) is 22.0. The topological polar surface area (TPSA) is 0 Å². The third-order valence-electron chi connectivity index (χ3n) is 28.2. The molecular weight excluding hydrogens is 1660 g/mol. The van der Waals surface area contributed by atoms with E-state index in [1.807, 2.05) is 0 Å². The molecule has 0 bridgehead atoms. The van der Waals surface area contributed by atoms with Crippen LogP contribution in [0.3, 0.4) is 0 Å². The second kappa shape index (κ2) is 35.5. The van der Waals surface area contributed by atoms with E-state index in [2.05, 4.69) is 546 Å². The smallest absolute Gasteiger partial charge is 0.00201 e. The van der Waals surface area contributed by atoms with Crippen LogP contribution < -0.4 is 0 Å². The molecule has 0 heterocycles. The van der Waals surface area contributed by atoms with Gasteiger partial charge in [-0.25, -0.2) is 0 Å². The fraction of sp³-hybridized carbons (Fsp3) is 0. The first-order chi connectivity index (χ1) is 68.5. The van der Waals surface area contributed by atoms with Gasteiger partial charge >= 0.3 is 0 Å². The van der Waals surface area contributed by atoms with Gasteiger partial charge in [-0.3, -0.25) is 0 Å². The van der Waals surface area contributed by atoms with E-state index in [-0.39, 0.29) is 0 Å². The van der Waals surface area contributed by atoms with Gasteiger partial charge in [0.1, 0.15) is 0 Å². The largest absolute Gasteiger partial charge is 0.0622 e. The number of benzene rings is 27. The molecule has 0 saturated carbocycles. The first-order valence-electron chi connectivity index (χ1n) is 47.8. The van der Waals surface area contributed by atoms with Crippen LogP contribution in [0, 0.1) is 0 Å². The molecule has 0 aliphatic carbocycles. The Balaban J connectivity index is 0.000000110. The van der Waals surface area contributed by atoms with E-state index in [1.165, 1.54) is 263 Å². The van der Waals surface area contributed by atoms with Gasteiger partial charge in [0.2, 0.25) is 0 Å². The highest BCUT2D eigenvalue weighted by atomic mass is 14.3. The van der Waals surface area contributed by atoms with Crippen LogP contribution in [0.4, 0.5) is 0 Å². The Bertz CT molecular complexity index is 9150. The van der Waals surface area contributed by atoms with E-state index in [4.69, 9.17) is 0 Å². The Labute approximate surface area is 802 Å². The molecule has 0 saturated heterocycles. The lowest BCUT2D eigenvalue weighted by Crippen LogP contribution is -1.93. The molecule has 27 rings (SSSR count). The quantitative estimate of drug-likeness (QED) is 0.107. The summed E-state index contributed by atoms with van der Waals surface area (Å²) < 4.78 is 0. The van der Waals surface area contributed by atoms with Gasteiger partial charge in [-0.1, -0.05) is 491 Å². The van der Waals surface area contributed by atoms with Crippen LogP contribution in [0.15, 0.2) is 546 Å². The van der Waals surface area contributed by atoms with E-state index in [0.717, 1.165) is 0 Å². The Kier molecular flexibility index (Phi) is 21.1. The van der Waals surface area contributed by atoms with Crippen LogP contribution in [0.1, 0.15) is 0 Å². The van der Waals surface area contributed by atoms with E-state index >= 15 is 0 Å². The maximum atomic E-state index is 2.40. The molecule has 0 spiro atoms. The standard InChI is InChI=1S/3C46H30/c1-2-14-31(15-3-1)32-18-12-19-35(28-32)45-40-24-8-10-26-42(40)46(43-27-11-9-25-41(43)45)37-21-13-20-36(30-37)44-38-22-6-4-16-33(38)29-34-17-5-7-23-39(34)44;1-2-13-31(14-3-1)34-17-12-18-37(29-34)46-42-23-10-8-21-40(42)45(41-22-9-11-24-43(41)46)33-27-25-32(26-28-33)44-38-19-6-4-15-35(38)30-36-16-5-7-20-39(36)44;1-2-13-31(14-3-1)32-17-12-18-37(28-32)45-41-21-8-10-23-43(41)46(44-24-11-9-22-42(44)45)40-20-7-6-19-39(40)36-26-25-35-27-33-15-4-5-16-34(33)29-38(35)30-36/h3*1-30H. The summed E-state index contributed by atoms with van der Waals surface area (Å²) in [5.74, 6) is 0. The van der Waals surface area contributed by atoms with Crippen molar-refractivity contribution in [1.29, 1.82) is 0 Å². The molecule has 0 nitrogen and oxygen atoms in total. The van der Waals surface area contributed by atoms with Crippen LogP contribution >= 0.6 is 0 Å². The van der Waals surface area contributed by atoms with Crippen molar-refractivity contribution in [3.8, 4) is 134 Å². The first kappa shape index (κ1) is 82.0. The molecule has 0 fully saturated rings. The van der Waals surface area contributed by atoms with Crippen LogP contribution in [-0.4, -0.2) is 0 Å². The van der Waals surface area contributed by atoms with Gasteiger partial charge in [-0.2, -0.15) is 0 Å². The summed E-state index contributed by atoms with van der Waals surface area (Å²) in [5.41, 5.74) is 30.0. The molecule has 0 radical (unpaired) electrons. The van der Waals surface area contributed by atoms with Gasteiger partial charge in [0.05, 0.1) is 0 Å². The van der Waals surface area contributed by atoms with Crippen LogP contribution in [0.5, 0.6) is 0 Å². The van der Waals surface area contributed by atoms with E-state index in [9.17, 15) is 0 Å². The second-order valence-electron chi connectivity index (χ2n) is 36.2. The molecule has 0 heteroatoms. The van der Waals surface area contributed by atoms with E-state index in [0.29, 0.717) is 0 Å². The van der Waals surface area contributed by atoms with E-state index < -0.39 is 0 Å². The summed E-state index contributed by atoms with van der Waals surface area (Å²) in [6.45, 7) is 0. The number of hydrogen-bond acceptors (Lipinski definition) is 0. The minimum atomic E-state index is 1.23. The number of rotatable bonds is 12. The second-order valence-corrected chi connectivity index (χ2v) is 36.2. The molecule has 27 aromatic carbocycles. The molecular formula is C138H90. The Morgan fingerprint density at radius 1 is 0.0725 bits per heavy atom. The van der Waals surface area contributed by atoms with Crippen molar-refractivity contribution in [3.05, 3.63) is 546 Å². The highest BCUT2D eigenvalue weighted by Crippen LogP contribution is 2.52. The number of hydrogen-bond donors (Lipinski definition) is 0. The molecule has 0 aromatic heterocycles. The van der Waals surface area contributed by atoms with Crippen molar-refractivity contribution >= 4 is 129 Å². The molecule has 27 aromatic rings. The zero-order valence-corrected chi connectivity index (χ0v) is 76.0. The first-order valence-corrected chi connectivity index (χ1v) is 47.8. The van der Waals surface area contributed by atoms with Gasteiger partial charge in [0, 0.05) is 0 Å². The average molecular weight is 1750 g/mol. The maximum absolute atomic E-state index is 2.40. The molecule has 0 aliphatic heterocycles. The summed E-state index contributed by atoms with van der Waals surface area (Å²) in [5, 5.41) is 30.4. The summed E-state index contributed by atoms with van der Waals surface area (Å²) in [6.07, 6.45) is 0. The van der Waals surface area contributed by atoms with Crippen LogP contribution in [0.25, 0.3) is 263 Å². The zero-order valence-electron chi connectivity index (χ0n) is 76.0. The van der Waals surface area contributed by atoms with Crippen molar-refractivity contribution in [2.45, 2.75) is 0 Å². The minimum absolute atomic E-state index is 1.23. The minimum Gasteiger partial charge on any atom is -0.0622 e. The predicted molar refractivity (Wildman–Crippen MR) is 595 cm³/mol. The third kappa shape index (κ3) is 14.9. The lowest BCUT2D eigenvalue weighted by Gasteiger charge is -2.20. The van der Waals surface area contributed by atoms with Gasteiger partial charge in [-0.15, -0.1) is 0 Å². The highest BCUT2D eigenvalue weighted by molar-refractivity contribution is 6.26. The van der Waals surface area contributed by atoms with Gasteiger partial charge in [0.15, 0.2) is 0 Å². The Morgan fingerprint density at radius 2 is 0.261 bits per heavy atom. The van der Waals surface area contributed by atoms with Crippen molar-refractivity contribution < 1.29 is 0 Å². The SMILES string of the molecule is c1ccc(-c2cccc(-c3c4ccccc4c(-c4ccc(-c5c6ccccc6cc6ccccc56)cc4)c4ccccc34)c2)cc1.c1ccc(-c2cccc(-c3c4ccccc4c(-c4cccc(-c5c6ccccc6cc6ccccc56)c4)c4ccccc34)c2)cc1.c1ccc(-c2cccc(-c3c4ccccc4c(-c4ccccc4-c4ccc5cc6ccccc6cc5c4)c4ccccc34)c2)cc1. The van der Waals surface area contributed by atoms with Gasteiger partial charge < -0.3 is 0 Å². The molecule has 0 aliphatic rings. The third-order valence-corrected chi connectivity index (χ3v) is 28.2. The van der Waals surface area contributed by atoms with Crippen molar-refractivity contribution in [1.82, 2.24) is 0 Å². The lowest BCUT2D eigenvalue weighted by molar-refractivity contribution is 1.60. The Hall–Kier alpha value is -17.9. The average Bonchev–Trinajstić information content (AvgIpc) is 0.746. The van der Waals surface area contributed by atoms with Crippen molar-refractivity contribution in [3.63, 3.8) is 0 Å². The molecule has 0 atom stereocenters. The molecule has 138 heavy (non-hydrogen) atoms. The maximum Gasteiger partial charge on any atom is -0.00201 e.